The van der Waals surface area contributed by atoms with E-state index in [9.17, 15) is 4.79 Å². The normalized spacial score (nSPS) is 14.8. The van der Waals surface area contributed by atoms with Gasteiger partial charge in [0.2, 0.25) is 5.91 Å². The fourth-order valence-corrected chi connectivity index (χ4v) is 4.18. The molecule has 3 aromatic rings. The van der Waals surface area contributed by atoms with Crippen LogP contribution in [0.5, 0.6) is 5.75 Å². The molecule has 1 atom stereocenters. The minimum atomic E-state index is -0.0759. The number of nitrogens with zero attached hydrogens (tertiary/aromatic N) is 4. The minimum absolute atomic E-state index is 0.0759. The Morgan fingerprint density at radius 1 is 0.969 bits per heavy atom. The minimum Gasteiger partial charge on any atom is -0.494 e. The Morgan fingerprint density at radius 3 is 2.34 bits per heavy atom. The van der Waals surface area contributed by atoms with Crippen LogP contribution in [0.15, 0.2) is 67.0 Å². The van der Waals surface area contributed by atoms with Crippen molar-refractivity contribution in [2.24, 2.45) is 0 Å². The first-order chi connectivity index (χ1) is 15.7. The number of piperazine rings is 1. The van der Waals surface area contributed by atoms with Crippen LogP contribution in [0.4, 0.5) is 5.82 Å². The highest BCUT2D eigenvalue weighted by Gasteiger charge is 2.28. The summed E-state index contributed by atoms with van der Waals surface area (Å²) in [5.74, 6) is 1.89. The molecule has 0 spiro atoms. The lowest BCUT2D eigenvalue weighted by molar-refractivity contribution is -0.133. The SMILES string of the molecule is CCOc1ccc(-c2cc(N3CCN(C(=O)C(CC)c4ccccc4)CC3)ncn2)cc1. The molecular formula is C26H30N4O2. The van der Waals surface area contributed by atoms with E-state index >= 15 is 0 Å². The van der Waals surface area contributed by atoms with Crippen LogP contribution in [0.3, 0.4) is 0 Å². The van der Waals surface area contributed by atoms with E-state index < -0.39 is 0 Å². The van der Waals surface area contributed by atoms with Gasteiger partial charge in [-0.3, -0.25) is 4.79 Å². The Balaban J connectivity index is 1.41. The van der Waals surface area contributed by atoms with Gasteiger partial charge in [-0.05, 0) is 43.2 Å². The third-order valence-electron chi connectivity index (χ3n) is 5.94. The van der Waals surface area contributed by atoms with Crippen LogP contribution in [-0.4, -0.2) is 53.6 Å². The molecule has 2 aromatic carbocycles. The first kappa shape index (κ1) is 21.8. The lowest BCUT2D eigenvalue weighted by atomic mass is 9.95. The summed E-state index contributed by atoms with van der Waals surface area (Å²) in [5.41, 5.74) is 3.00. The van der Waals surface area contributed by atoms with Crippen molar-refractivity contribution in [2.45, 2.75) is 26.2 Å². The number of benzene rings is 2. The van der Waals surface area contributed by atoms with Gasteiger partial charge in [-0.1, -0.05) is 37.3 Å². The number of hydrogen-bond acceptors (Lipinski definition) is 5. The quantitative estimate of drug-likeness (QED) is 0.557. The van der Waals surface area contributed by atoms with Crippen molar-refractivity contribution in [3.8, 4) is 17.0 Å². The molecule has 166 valence electrons. The lowest BCUT2D eigenvalue weighted by Crippen LogP contribution is -2.50. The zero-order valence-electron chi connectivity index (χ0n) is 18.8. The highest BCUT2D eigenvalue weighted by atomic mass is 16.5. The van der Waals surface area contributed by atoms with Gasteiger partial charge in [0.15, 0.2) is 0 Å². The molecule has 1 fully saturated rings. The summed E-state index contributed by atoms with van der Waals surface area (Å²) in [6.07, 6.45) is 2.42. The molecule has 0 N–H and O–H groups in total. The standard InChI is InChI=1S/C26H30N4O2/c1-3-23(20-8-6-5-7-9-20)26(31)30-16-14-29(15-17-30)25-18-24(27-19-28-25)21-10-12-22(13-11-21)32-4-2/h5-13,18-19,23H,3-4,14-17H2,1-2H3. The van der Waals surface area contributed by atoms with Gasteiger partial charge in [-0.2, -0.15) is 0 Å². The third kappa shape index (κ3) is 4.90. The predicted octanol–water partition coefficient (Wildman–Crippen LogP) is 4.38. The molecule has 1 aliphatic rings. The molecule has 0 saturated carbocycles. The maximum Gasteiger partial charge on any atom is 0.230 e. The highest BCUT2D eigenvalue weighted by molar-refractivity contribution is 5.84. The van der Waals surface area contributed by atoms with Crippen molar-refractivity contribution in [1.82, 2.24) is 14.9 Å². The van der Waals surface area contributed by atoms with Crippen LogP contribution < -0.4 is 9.64 Å². The van der Waals surface area contributed by atoms with Gasteiger partial charge in [0.1, 0.15) is 17.9 Å². The molecule has 1 saturated heterocycles. The van der Waals surface area contributed by atoms with Crippen LogP contribution in [-0.2, 0) is 4.79 Å². The summed E-state index contributed by atoms with van der Waals surface area (Å²) < 4.78 is 5.52. The maximum absolute atomic E-state index is 13.2. The first-order valence-electron chi connectivity index (χ1n) is 11.3. The van der Waals surface area contributed by atoms with E-state index in [1.54, 1.807) is 6.33 Å². The molecule has 1 unspecified atom stereocenters. The summed E-state index contributed by atoms with van der Waals surface area (Å²) in [6.45, 7) is 7.62. The average molecular weight is 431 g/mol. The molecule has 1 aliphatic heterocycles. The Labute approximate surface area is 189 Å². The van der Waals surface area contributed by atoms with Crippen LogP contribution >= 0.6 is 0 Å². The van der Waals surface area contributed by atoms with Crippen LogP contribution in [0.1, 0.15) is 31.7 Å². The van der Waals surface area contributed by atoms with Crippen molar-refractivity contribution in [3.05, 3.63) is 72.6 Å². The molecule has 6 heteroatoms. The van der Waals surface area contributed by atoms with E-state index in [1.165, 1.54) is 0 Å². The monoisotopic (exact) mass is 430 g/mol. The highest BCUT2D eigenvalue weighted by Crippen LogP contribution is 2.26. The molecular weight excluding hydrogens is 400 g/mol. The van der Waals surface area contributed by atoms with Crippen LogP contribution in [0, 0.1) is 0 Å². The van der Waals surface area contributed by atoms with Crippen molar-refractivity contribution >= 4 is 11.7 Å². The van der Waals surface area contributed by atoms with Gasteiger partial charge in [0, 0.05) is 37.8 Å². The third-order valence-corrected chi connectivity index (χ3v) is 5.94. The first-order valence-corrected chi connectivity index (χ1v) is 11.3. The van der Waals surface area contributed by atoms with Crippen molar-refractivity contribution in [3.63, 3.8) is 0 Å². The summed E-state index contributed by atoms with van der Waals surface area (Å²) in [7, 11) is 0. The molecule has 0 aliphatic carbocycles. The van der Waals surface area contributed by atoms with E-state index in [4.69, 9.17) is 4.74 Å². The molecule has 0 radical (unpaired) electrons. The van der Waals surface area contributed by atoms with E-state index in [1.807, 2.05) is 72.5 Å². The van der Waals surface area contributed by atoms with Gasteiger partial charge in [-0.25, -0.2) is 9.97 Å². The second-order valence-corrected chi connectivity index (χ2v) is 7.90. The maximum atomic E-state index is 13.2. The molecule has 2 heterocycles. The van der Waals surface area contributed by atoms with Crippen molar-refractivity contribution in [2.75, 3.05) is 37.7 Å². The molecule has 4 rings (SSSR count). The zero-order chi connectivity index (χ0) is 22.3. The fraction of sp³-hybridized carbons (Fsp3) is 0.346. The lowest BCUT2D eigenvalue weighted by Gasteiger charge is -2.37. The Morgan fingerprint density at radius 2 is 1.69 bits per heavy atom. The van der Waals surface area contributed by atoms with Gasteiger partial charge in [0.05, 0.1) is 18.2 Å². The van der Waals surface area contributed by atoms with Crippen LogP contribution in [0.25, 0.3) is 11.3 Å². The van der Waals surface area contributed by atoms with E-state index in [2.05, 4.69) is 21.8 Å². The zero-order valence-corrected chi connectivity index (χ0v) is 18.8. The Kier molecular flexibility index (Phi) is 7.00. The van der Waals surface area contributed by atoms with E-state index in [0.717, 1.165) is 47.9 Å². The smallest absolute Gasteiger partial charge is 0.230 e. The van der Waals surface area contributed by atoms with Crippen molar-refractivity contribution in [1.29, 1.82) is 0 Å². The Hall–Kier alpha value is -3.41. The average Bonchev–Trinajstić information content (AvgIpc) is 2.86. The summed E-state index contributed by atoms with van der Waals surface area (Å²) in [5, 5.41) is 0. The van der Waals surface area contributed by atoms with Gasteiger partial charge in [-0.15, -0.1) is 0 Å². The van der Waals surface area contributed by atoms with Gasteiger partial charge < -0.3 is 14.5 Å². The van der Waals surface area contributed by atoms with Crippen molar-refractivity contribution < 1.29 is 9.53 Å². The summed E-state index contributed by atoms with van der Waals surface area (Å²) in [6, 6.07) is 20.1. The topological polar surface area (TPSA) is 58.6 Å². The molecule has 6 nitrogen and oxygen atoms in total. The second-order valence-electron chi connectivity index (χ2n) is 7.90. The van der Waals surface area contributed by atoms with Gasteiger partial charge in [0.25, 0.3) is 0 Å². The number of anilines is 1. The Bertz CT molecular complexity index is 1020. The molecule has 1 amide bonds. The number of amides is 1. The number of aromatic nitrogens is 2. The summed E-state index contributed by atoms with van der Waals surface area (Å²) in [4.78, 5) is 26.3. The number of ether oxygens (including phenoxy) is 1. The molecule has 0 bridgehead atoms. The molecule has 1 aromatic heterocycles. The second kappa shape index (κ2) is 10.3. The largest absolute Gasteiger partial charge is 0.494 e. The number of hydrogen-bond donors (Lipinski definition) is 0. The van der Waals surface area contributed by atoms with E-state index in [-0.39, 0.29) is 11.8 Å². The number of rotatable bonds is 7. The van der Waals surface area contributed by atoms with Crippen LogP contribution in [0.2, 0.25) is 0 Å². The molecule has 32 heavy (non-hydrogen) atoms. The number of carbonyl (C=O) groups is 1. The predicted molar refractivity (Wildman–Crippen MR) is 127 cm³/mol. The number of carbonyl (C=O) groups excluding carboxylic acids is 1. The fourth-order valence-electron chi connectivity index (χ4n) is 4.18. The van der Waals surface area contributed by atoms with E-state index in [0.29, 0.717) is 19.7 Å². The van der Waals surface area contributed by atoms with Gasteiger partial charge >= 0.3 is 0 Å². The summed E-state index contributed by atoms with van der Waals surface area (Å²) >= 11 is 0.